The first-order valence-corrected chi connectivity index (χ1v) is 4.00. The number of hydrogen-bond donors (Lipinski definition) is 0. The van der Waals surface area contributed by atoms with Gasteiger partial charge in [-0.05, 0) is 19.7 Å². The Morgan fingerprint density at radius 3 is 3.55 bits per heavy atom. The molecule has 0 N–H and O–H groups in total. The van der Waals surface area contributed by atoms with Gasteiger partial charge in [-0.2, -0.15) is 0 Å². The summed E-state index contributed by atoms with van der Waals surface area (Å²) >= 11 is 0. The molecule has 2 aliphatic rings. The van der Waals surface area contributed by atoms with E-state index in [2.05, 4.69) is 0 Å². The molecule has 0 radical (unpaired) electrons. The molecule has 1 atom stereocenters. The number of rotatable bonds is 0. The summed E-state index contributed by atoms with van der Waals surface area (Å²) < 4.78 is 22.0. The van der Waals surface area contributed by atoms with Gasteiger partial charge < -0.3 is 4.90 Å². The van der Waals surface area contributed by atoms with Crippen molar-refractivity contribution < 1.29 is 8.91 Å². The molecule has 60 valence electrons. The van der Waals surface area contributed by atoms with Gasteiger partial charge in [-0.3, -0.25) is 4.79 Å². The zero-order valence-electron chi connectivity index (χ0n) is 9.34. The van der Waals surface area contributed by atoms with Crippen LogP contribution in [0.15, 0.2) is 11.8 Å². The van der Waals surface area contributed by atoms with E-state index in [-0.39, 0.29) is 17.5 Å². The summed E-state index contributed by atoms with van der Waals surface area (Å²) in [5.74, 6) is -0.0423. The van der Waals surface area contributed by atoms with Crippen molar-refractivity contribution in [2.24, 2.45) is 0 Å². The highest BCUT2D eigenvalue weighted by Crippen LogP contribution is 2.27. The highest BCUT2D eigenvalue weighted by molar-refractivity contribution is 5.91. The molecule has 11 heavy (non-hydrogen) atoms. The van der Waals surface area contributed by atoms with Crippen LogP contribution in [0, 0.1) is 0 Å². The van der Waals surface area contributed by atoms with E-state index < -0.39 is 6.85 Å². The molecule has 1 unspecified atom stereocenters. The smallest absolute Gasteiger partial charge is 0.159 e. The minimum absolute atomic E-state index is 0.0423. The van der Waals surface area contributed by atoms with Crippen LogP contribution in [-0.2, 0) is 4.79 Å². The Morgan fingerprint density at radius 2 is 2.73 bits per heavy atom. The van der Waals surface area contributed by atoms with Crippen LogP contribution in [0.2, 0.25) is 0 Å². The van der Waals surface area contributed by atoms with Crippen LogP contribution in [0.5, 0.6) is 0 Å². The largest absolute Gasteiger partial charge is 0.372 e. The second-order valence-corrected chi connectivity index (χ2v) is 3.19. The van der Waals surface area contributed by atoms with Crippen molar-refractivity contribution in [2.45, 2.75) is 32.2 Å². The fourth-order valence-electron chi connectivity index (χ4n) is 1.89. The zero-order chi connectivity index (χ0) is 10.3. The zero-order valence-corrected chi connectivity index (χ0v) is 6.34. The molecule has 2 rings (SSSR count). The van der Waals surface area contributed by atoms with Crippen LogP contribution in [0.4, 0.5) is 0 Å². The van der Waals surface area contributed by atoms with Gasteiger partial charge in [0.15, 0.2) is 5.78 Å². The summed E-state index contributed by atoms with van der Waals surface area (Å²) in [5.41, 5.74) is 0.247. The SMILES string of the molecule is [2H]C([2H])([2H])C1=CC(=O)CC2CCCN12. The molecule has 2 nitrogen and oxygen atoms in total. The lowest BCUT2D eigenvalue weighted by Gasteiger charge is -2.30. The molecule has 0 spiro atoms. The number of carbonyl (C=O) groups is 1. The van der Waals surface area contributed by atoms with E-state index in [1.165, 1.54) is 6.08 Å². The molecule has 1 fully saturated rings. The lowest BCUT2D eigenvalue weighted by Crippen LogP contribution is -2.33. The van der Waals surface area contributed by atoms with E-state index in [1.54, 1.807) is 0 Å². The molecule has 0 aliphatic carbocycles. The average Bonchev–Trinajstić information content (AvgIpc) is 2.47. The van der Waals surface area contributed by atoms with Crippen molar-refractivity contribution in [1.29, 1.82) is 0 Å². The van der Waals surface area contributed by atoms with Gasteiger partial charge >= 0.3 is 0 Å². The maximum Gasteiger partial charge on any atom is 0.159 e. The van der Waals surface area contributed by atoms with Crippen LogP contribution >= 0.6 is 0 Å². The molecule has 1 saturated heterocycles. The van der Waals surface area contributed by atoms with E-state index in [1.807, 2.05) is 4.90 Å². The topological polar surface area (TPSA) is 20.3 Å². The van der Waals surface area contributed by atoms with Crippen molar-refractivity contribution in [3.63, 3.8) is 0 Å². The highest BCUT2D eigenvalue weighted by atomic mass is 16.1. The number of hydrogen-bond acceptors (Lipinski definition) is 2. The number of ketones is 1. The Bertz CT molecular complexity index is 295. The van der Waals surface area contributed by atoms with Gasteiger partial charge in [0.25, 0.3) is 0 Å². The molecule has 2 aliphatic heterocycles. The van der Waals surface area contributed by atoms with E-state index in [9.17, 15) is 4.79 Å². The number of allylic oxidation sites excluding steroid dienone is 2. The fourth-order valence-corrected chi connectivity index (χ4v) is 1.89. The fraction of sp³-hybridized carbons (Fsp3) is 0.667. The average molecular weight is 154 g/mol. The summed E-state index contributed by atoms with van der Waals surface area (Å²) in [5, 5.41) is 0. The Balaban J connectivity index is 2.32. The molecule has 0 amide bonds. The molecule has 0 aromatic carbocycles. The summed E-state index contributed by atoms with van der Waals surface area (Å²) in [6, 6.07) is 0.142. The van der Waals surface area contributed by atoms with Crippen molar-refractivity contribution in [2.75, 3.05) is 6.54 Å². The lowest BCUT2D eigenvalue weighted by atomic mass is 10.0. The number of nitrogens with zero attached hydrogens (tertiary/aromatic N) is 1. The Hall–Kier alpha value is -0.790. The van der Waals surface area contributed by atoms with E-state index in [0.717, 1.165) is 19.4 Å². The van der Waals surface area contributed by atoms with Crippen LogP contribution in [0.3, 0.4) is 0 Å². The molecule has 2 heteroatoms. The van der Waals surface area contributed by atoms with Gasteiger partial charge in [-0.15, -0.1) is 0 Å². The van der Waals surface area contributed by atoms with Gasteiger partial charge in [0.1, 0.15) is 0 Å². The maximum absolute atomic E-state index is 11.3. The maximum atomic E-state index is 11.3. The first kappa shape index (κ1) is 4.29. The Labute approximate surface area is 71.1 Å². The van der Waals surface area contributed by atoms with E-state index in [4.69, 9.17) is 4.11 Å². The van der Waals surface area contributed by atoms with Gasteiger partial charge in [0.2, 0.25) is 0 Å². The Kier molecular flexibility index (Phi) is 0.921. The summed E-state index contributed by atoms with van der Waals surface area (Å²) in [4.78, 5) is 13.2. The monoisotopic (exact) mass is 154 g/mol. The third-order valence-electron chi connectivity index (χ3n) is 2.42. The van der Waals surface area contributed by atoms with E-state index in [0.29, 0.717) is 6.42 Å². The van der Waals surface area contributed by atoms with Gasteiger partial charge in [-0.1, -0.05) is 0 Å². The molecule has 2 heterocycles. The predicted octanol–water partition coefficient (Wildman–Crippen LogP) is 1.33. The quantitative estimate of drug-likeness (QED) is 0.524. The third kappa shape index (κ3) is 1.06. The first-order chi connectivity index (χ1) is 6.48. The Morgan fingerprint density at radius 1 is 1.82 bits per heavy atom. The second-order valence-electron chi connectivity index (χ2n) is 3.19. The number of carbonyl (C=O) groups excluding carboxylic acids is 1. The van der Waals surface area contributed by atoms with Gasteiger partial charge in [0.05, 0.1) is 0 Å². The first-order valence-electron chi connectivity index (χ1n) is 5.50. The van der Waals surface area contributed by atoms with Crippen LogP contribution < -0.4 is 0 Å². The van der Waals surface area contributed by atoms with Crippen molar-refractivity contribution in [3.8, 4) is 0 Å². The molecule has 0 saturated carbocycles. The summed E-state index contributed by atoms with van der Waals surface area (Å²) in [6.07, 6.45) is 3.72. The third-order valence-corrected chi connectivity index (χ3v) is 2.42. The van der Waals surface area contributed by atoms with Crippen molar-refractivity contribution in [1.82, 2.24) is 4.90 Å². The summed E-state index contributed by atoms with van der Waals surface area (Å²) in [6.45, 7) is -1.36. The molecule has 0 bridgehead atoms. The molecule has 0 aromatic rings. The molecule has 0 aromatic heterocycles. The standard InChI is InChI=1S/C9H13NO/c1-7-5-9(11)6-8-3-2-4-10(7)8/h5,8H,2-4,6H2,1H3/i1D3. The minimum Gasteiger partial charge on any atom is -0.372 e. The second kappa shape index (κ2) is 2.36. The van der Waals surface area contributed by atoms with Crippen LogP contribution in [-0.4, -0.2) is 23.3 Å². The van der Waals surface area contributed by atoms with Crippen LogP contribution in [0.25, 0.3) is 0 Å². The lowest BCUT2D eigenvalue weighted by molar-refractivity contribution is -0.116. The van der Waals surface area contributed by atoms with Crippen molar-refractivity contribution in [3.05, 3.63) is 11.8 Å². The summed E-state index contributed by atoms with van der Waals surface area (Å²) in [7, 11) is 0. The highest BCUT2D eigenvalue weighted by Gasteiger charge is 2.29. The molecular weight excluding hydrogens is 138 g/mol. The normalized spacial score (nSPS) is 35.5. The predicted molar refractivity (Wildman–Crippen MR) is 43.1 cm³/mol. The minimum atomic E-state index is -2.14. The van der Waals surface area contributed by atoms with Crippen LogP contribution in [0.1, 0.15) is 30.2 Å². The van der Waals surface area contributed by atoms with E-state index >= 15 is 0 Å². The van der Waals surface area contributed by atoms with Crippen molar-refractivity contribution >= 4 is 5.78 Å². The molecular formula is C9H13NO. The van der Waals surface area contributed by atoms with Gasteiger partial charge in [-0.25, -0.2) is 0 Å². The number of fused-ring (bicyclic) bond motifs is 1. The van der Waals surface area contributed by atoms with Gasteiger partial charge in [0, 0.05) is 34.9 Å².